The summed E-state index contributed by atoms with van der Waals surface area (Å²) in [5.74, 6) is 0.891. The second kappa shape index (κ2) is 10.3. The summed E-state index contributed by atoms with van der Waals surface area (Å²) in [6, 6.07) is 10.8. The van der Waals surface area contributed by atoms with Crippen molar-refractivity contribution in [3.63, 3.8) is 0 Å². The number of fused-ring (bicyclic) bond motifs is 1. The lowest BCUT2D eigenvalue weighted by Gasteiger charge is -2.25. The number of methoxy groups -OCH3 is 1. The summed E-state index contributed by atoms with van der Waals surface area (Å²) in [4.78, 5) is 11.6. The number of esters is 1. The third-order valence-electron chi connectivity index (χ3n) is 5.54. The summed E-state index contributed by atoms with van der Waals surface area (Å²) >= 11 is 0. The van der Waals surface area contributed by atoms with Crippen molar-refractivity contribution in [3.8, 4) is 23.4 Å². The van der Waals surface area contributed by atoms with Crippen molar-refractivity contribution in [1.82, 2.24) is 10.2 Å². The molecule has 0 amide bonds. The second-order valence-electron chi connectivity index (χ2n) is 7.78. The van der Waals surface area contributed by atoms with Gasteiger partial charge in [-0.25, -0.2) is 4.79 Å². The fraction of sp³-hybridized carbons (Fsp3) is 0.320. The van der Waals surface area contributed by atoms with Crippen molar-refractivity contribution in [2.75, 3.05) is 13.7 Å². The molecule has 0 aliphatic carbocycles. The molecule has 0 bridgehead atoms. The zero-order valence-corrected chi connectivity index (χ0v) is 19.7. The minimum absolute atomic E-state index is 0.0251. The van der Waals surface area contributed by atoms with Gasteiger partial charge in [0.15, 0.2) is 11.5 Å². The maximum absolute atomic E-state index is 11.6. The summed E-state index contributed by atoms with van der Waals surface area (Å²) in [5, 5.41) is 17.2. The van der Waals surface area contributed by atoms with Crippen LogP contribution in [0.4, 0.5) is 0 Å². The van der Waals surface area contributed by atoms with Crippen molar-refractivity contribution in [1.29, 1.82) is 5.26 Å². The number of rotatable bonds is 9. The number of nitrogens with two attached hydrogens (primary N) is 1. The highest BCUT2D eigenvalue weighted by Crippen LogP contribution is 2.45. The fourth-order valence-corrected chi connectivity index (χ4v) is 3.99. The van der Waals surface area contributed by atoms with Crippen LogP contribution < -0.4 is 19.9 Å². The minimum Gasteiger partial charge on any atom is -0.490 e. The molecule has 10 heteroatoms. The molecule has 0 radical (unpaired) electrons. The molecule has 35 heavy (non-hydrogen) atoms. The van der Waals surface area contributed by atoms with Crippen LogP contribution in [0.3, 0.4) is 0 Å². The minimum atomic E-state index is -0.561. The molecule has 0 fully saturated rings. The monoisotopic (exact) mass is 478 g/mol. The molecule has 2 aromatic heterocycles. The lowest BCUT2D eigenvalue weighted by Crippen LogP contribution is -2.21. The number of aromatic amines is 1. The van der Waals surface area contributed by atoms with E-state index in [-0.39, 0.29) is 18.3 Å². The Morgan fingerprint density at radius 2 is 2.06 bits per heavy atom. The number of hydrogen-bond acceptors (Lipinski definition) is 9. The normalized spacial score (nSPS) is 14.6. The Balaban J connectivity index is 1.67. The average Bonchev–Trinajstić information content (AvgIpc) is 3.49. The molecule has 10 nitrogen and oxygen atoms in total. The number of allylic oxidation sites excluding steroid dienone is 1. The molecule has 0 unspecified atom stereocenters. The molecule has 3 heterocycles. The molecule has 3 aromatic rings. The lowest BCUT2D eigenvalue weighted by molar-refractivity contribution is 0.0561. The highest BCUT2D eigenvalue weighted by molar-refractivity contribution is 5.86. The molecule has 4 rings (SSSR count). The number of furan rings is 1. The van der Waals surface area contributed by atoms with E-state index in [0.717, 1.165) is 29.7 Å². The third-order valence-corrected chi connectivity index (χ3v) is 5.54. The summed E-state index contributed by atoms with van der Waals surface area (Å²) in [6.07, 6.45) is 1.64. The van der Waals surface area contributed by atoms with Crippen LogP contribution in [0.25, 0.3) is 0 Å². The quantitative estimate of drug-likeness (QED) is 0.437. The van der Waals surface area contributed by atoms with Crippen LogP contribution in [0, 0.1) is 11.3 Å². The van der Waals surface area contributed by atoms with E-state index in [4.69, 9.17) is 24.4 Å². The van der Waals surface area contributed by atoms with Crippen LogP contribution in [-0.2, 0) is 17.8 Å². The zero-order valence-electron chi connectivity index (χ0n) is 19.7. The van der Waals surface area contributed by atoms with Gasteiger partial charge in [-0.05, 0) is 43.2 Å². The first-order valence-electron chi connectivity index (χ1n) is 11.2. The number of nitriles is 1. The van der Waals surface area contributed by atoms with E-state index in [9.17, 15) is 10.1 Å². The number of H-pyrrole nitrogens is 1. The maximum Gasteiger partial charge on any atom is 0.373 e. The van der Waals surface area contributed by atoms with E-state index in [2.05, 4.69) is 27.9 Å². The van der Waals surface area contributed by atoms with Gasteiger partial charge >= 0.3 is 5.97 Å². The lowest BCUT2D eigenvalue weighted by atomic mass is 9.83. The van der Waals surface area contributed by atoms with E-state index in [1.165, 1.54) is 13.2 Å². The molecule has 182 valence electrons. The number of carbonyl (C=O) groups is 1. The van der Waals surface area contributed by atoms with Gasteiger partial charge in [0, 0.05) is 11.3 Å². The Bertz CT molecular complexity index is 1300. The molecule has 1 aliphatic heterocycles. The van der Waals surface area contributed by atoms with Crippen LogP contribution in [0.5, 0.6) is 17.4 Å². The Morgan fingerprint density at radius 3 is 2.77 bits per heavy atom. The Morgan fingerprint density at radius 1 is 1.23 bits per heavy atom. The number of nitrogens with one attached hydrogen (secondary N) is 1. The average molecular weight is 479 g/mol. The van der Waals surface area contributed by atoms with Crippen LogP contribution in [0.15, 0.2) is 46.2 Å². The summed E-state index contributed by atoms with van der Waals surface area (Å²) in [5.41, 5.74) is 8.84. The molecular weight excluding hydrogens is 452 g/mol. The molecule has 1 atom stereocenters. The zero-order chi connectivity index (χ0) is 24.9. The van der Waals surface area contributed by atoms with Gasteiger partial charge in [-0.3, -0.25) is 5.10 Å². The maximum atomic E-state index is 11.6. The first-order valence-corrected chi connectivity index (χ1v) is 11.2. The molecular formula is C25H26N4O6. The van der Waals surface area contributed by atoms with E-state index in [0.29, 0.717) is 35.3 Å². The number of benzene rings is 1. The van der Waals surface area contributed by atoms with E-state index in [1.54, 1.807) is 12.1 Å². The third kappa shape index (κ3) is 4.66. The van der Waals surface area contributed by atoms with Crippen molar-refractivity contribution in [2.24, 2.45) is 5.73 Å². The largest absolute Gasteiger partial charge is 0.490 e. The summed E-state index contributed by atoms with van der Waals surface area (Å²) < 4.78 is 27.5. The van der Waals surface area contributed by atoms with Gasteiger partial charge in [0.1, 0.15) is 24.0 Å². The predicted molar refractivity (Wildman–Crippen MR) is 124 cm³/mol. The van der Waals surface area contributed by atoms with E-state index in [1.807, 2.05) is 19.1 Å². The predicted octanol–water partition coefficient (Wildman–Crippen LogP) is 3.94. The number of nitrogens with zero attached hydrogens (tertiary/aromatic N) is 2. The standard InChI is InChI=1S/C25H26N4O6/c1-4-6-17-22-21(16(12-26)23(27)35-24(22)29-28-17)14-7-9-18(20(11-14)32-5-2)33-13-15-8-10-19(34-15)25(30)31-3/h7-11,21H,4-6,13,27H2,1-3H3,(H,28,29)/t21-/m0/s1. The van der Waals surface area contributed by atoms with Gasteiger partial charge in [-0.2, -0.15) is 5.26 Å². The number of carbonyl (C=O) groups excluding carboxylic acids is 1. The molecule has 3 N–H and O–H groups in total. The Labute approximate surface area is 202 Å². The van der Waals surface area contributed by atoms with E-state index >= 15 is 0 Å². The SMILES string of the molecule is CCCc1[nH]nc2c1[C@@H](c1ccc(OCc3ccc(C(=O)OC)o3)c(OCC)c1)C(C#N)=C(N)O2. The van der Waals surface area contributed by atoms with Crippen LogP contribution >= 0.6 is 0 Å². The number of aryl methyl sites for hydroxylation is 1. The molecule has 0 saturated heterocycles. The molecule has 1 aromatic carbocycles. The van der Waals surface area contributed by atoms with Gasteiger partial charge < -0.3 is 29.1 Å². The summed E-state index contributed by atoms with van der Waals surface area (Å²) in [6.45, 7) is 4.42. The first-order chi connectivity index (χ1) is 17.0. The van der Waals surface area contributed by atoms with Gasteiger partial charge in [0.05, 0.1) is 19.6 Å². The second-order valence-corrected chi connectivity index (χ2v) is 7.78. The molecule has 0 saturated carbocycles. The van der Waals surface area contributed by atoms with E-state index < -0.39 is 11.9 Å². The number of ether oxygens (including phenoxy) is 4. The van der Waals surface area contributed by atoms with Crippen LogP contribution in [0.1, 0.15) is 59.3 Å². The Hall–Kier alpha value is -4.39. The molecule has 1 aliphatic rings. The number of hydrogen-bond donors (Lipinski definition) is 2. The topological polar surface area (TPSA) is 146 Å². The van der Waals surface area contributed by atoms with Gasteiger partial charge in [-0.15, -0.1) is 5.10 Å². The van der Waals surface area contributed by atoms with Gasteiger partial charge in [-0.1, -0.05) is 19.4 Å². The molecule has 0 spiro atoms. The van der Waals surface area contributed by atoms with Gasteiger partial charge in [0.2, 0.25) is 17.5 Å². The van der Waals surface area contributed by atoms with Crippen LogP contribution in [-0.4, -0.2) is 29.9 Å². The van der Waals surface area contributed by atoms with Crippen molar-refractivity contribution < 1.29 is 28.2 Å². The van der Waals surface area contributed by atoms with Crippen LogP contribution in [0.2, 0.25) is 0 Å². The fourth-order valence-electron chi connectivity index (χ4n) is 3.99. The first kappa shape index (κ1) is 23.8. The smallest absolute Gasteiger partial charge is 0.373 e. The highest BCUT2D eigenvalue weighted by Gasteiger charge is 2.35. The van der Waals surface area contributed by atoms with Gasteiger partial charge in [0.25, 0.3) is 0 Å². The van der Waals surface area contributed by atoms with Crippen molar-refractivity contribution in [2.45, 2.75) is 39.2 Å². The Kier molecular flexibility index (Phi) is 6.96. The van der Waals surface area contributed by atoms with Crippen molar-refractivity contribution >= 4 is 5.97 Å². The van der Waals surface area contributed by atoms with Crippen molar-refractivity contribution in [3.05, 3.63) is 70.1 Å². The highest BCUT2D eigenvalue weighted by atomic mass is 16.5. The number of aromatic nitrogens is 2. The summed E-state index contributed by atoms with van der Waals surface area (Å²) in [7, 11) is 1.29.